The molecule has 0 saturated carbocycles. The monoisotopic (exact) mass is 906 g/mol. The summed E-state index contributed by atoms with van der Waals surface area (Å²) in [5, 5.41) is 2.03. The van der Waals surface area contributed by atoms with Crippen LogP contribution >= 0.6 is 0 Å². The summed E-state index contributed by atoms with van der Waals surface area (Å²) in [5.41, 5.74) is 12.5. The van der Waals surface area contributed by atoms with Crippen molar-refractivity contribution in [3.8, 4) is 22.3 Å². The Hall–Kier alpha value is -6.87. The van der Waals surface area contributed by atoms with Crippen molar-refractivity contribution in [2.24, 2.45) is 0 Å². The summed E-state index contributed by atoms with van der Waals surface area (Å²) >= 11 is 0. The van der Waals surface area contributed by atoms with Crippen LogP contribution in [0.4, 0.5) is 34.1 Å². The Morgan fingerprint density at radius 3 is 0.899 bits per heavy atom. The lowest BCUT2D eigenvalue weighted by atomic mass is 9.79. The molecule has 2 aliphatic rings. The summed E-state index contributed by atoms with van der Waals surface area (Å²) in [6, 6.07) is 68.5. The topological polar surface area (TPSA) is 56.5 Å². The van der Waals surface area contributed by atoms with Gasteiger partial charge in [-0.25, -0.2) is 0 Å². The van der Waals surface area contributed by atoms with Crippen LogP contribution in [0.3, 0.4) is 0 Å². The number of hydrogen-bond donors (Lipinski definition) is 0. The van der Waals surface area contributed by atoms with Crippen molar-refractivity contribution in [2.75, 3.05) is 9.80 Å². The second kappa shape index (κ2) is 17.0. The Labute approximate surface area is 406 Å². The van der Waals surface area contributed by atoms with Gasteiger partial charge >= 0.3 is 14.2 Å². The molecule has 8 aromatic carbocycles. The van der Waals surface area contributed by atoms with Crippen LogP contribution in [-0.2, 0) is 18.6 Å². The lowest BCUT2D eigenvalue weighted by Gasteiger charge is -2.32. The van der Waals surface area contributed by atoms with Gasteiger partial charge in [-0.3, -0.25) is 0 Å². The van der Waals surface area contributed by atoms with Gasteiger partial charge in [0.25, 0.3) is 0 Å². The molecule has 2 fully saturated rings. The summed E-state index contributed by atoms with van der Waals surface area (Å²) < 4.78 is 32.4. The minimum atomic E-state index is -0.458. The maximum atomic E-state index is 6.59. The third-order valence-corrected chi connectivity index (χ3v) is 14.8. The van der Waals surface area contributed by atoms with Gasteiger partial charge in [0.2, 0.25) is 0 Å². The highest BCUT2D eigenvalue weighted by molar-refractivity contribution is 6.62. The lowest BCUT2D eigenvalue weighted by Crippen LogP contribution is -2.41. The van der Waals surface area contributed by atoms with Crippen LogP contribution in [0.15, 0.2) is 199 Å². The molecule has 9 aromatic rings. The Morgan fingerprint density at radius 2 is 0.580 bits per heavy atom. The van der Waals surface area contributed by atoms with Crippen molar-refractivity contribution in [1.82, 2.24) is 0 Å². The standard InChI is InChI=1S/C60H56B2N2O5/c1-57(2)58(3,4)67-61(66-57)45-23-31-49(32-24-45)63(47-27-19-43(20-28-47)41-15-11-9-12-16-41)51-35-37-55-53(39-51)54-40-52(36-38-56(54)65-55)64(48-29-21-44(22-30-48)42-17-13-10-14-18-42)50-33-25-46(26-34-50)62-68-59(5,6)60(7,8)69-62/h9-40H,1-8H3. The smallest absolute Gasteiger partial charge is 0.456 e. The Balaban J connectivity index is 0.995. The first-order valence-corrected chi connectivity index (χ1v) is 23.9. The number of hydrogen-bond acceptors (Lipinski definition) is 7. The zero-order valence-corrected chi connectivity index (χ0v) is 40.6. The van der Waals surface area contributed by atoms with Gasteiger partial charge < -0.3 is 32.8 Å². The van der Waals surface area contributed by atoms with Crippen LogP contribution in [0.2, 0.25) is 0 Å². The third-order valence-electron chi connectivity index (χ3n) is 14.8. The van der Waals surface area contributed by atoms with Crippen molar-refractivity contribution >= 4 is 81.2 Å². The molecule has 0 atom stereocenters. The molecule has 1 aromatic heterocycles. The third kappa shape index (κ3) is 8.23. The van der Waals surface area contributed by atoms with E-state index < -0.39 is 36.6 Å². The van der Waals surface area contributed by atoms with Crippen LogP contribution in [-0.4, -0.2) is 36.6 Å². The highest BCUT2D eigenvalue weighted by Crippen LogP contribution is 2.44. The molecule has 7 nitrogen and oxygen atoms in total. The van der Waals surface area contributed by atoms with Crippen molar-refractivity contribution in [3.63, 3.8) is 0 Å². The molecule has 0 spiro atoms. The molecule has 0 radical (unpaired) electrons. The maximum Gasteiger partial charge on any atom is 0.494 e. The van der Waals surface area contributed by atoms with E-state index in [4.69, 9.17) is 23.0 Å². The van der Waals surface area contributed by atoms with Crippen molar-refractivity contribution in [2.45, 2.75) is 77.8 Å². The molecule has 2 saturated heterocycles. The second-order valence-corrected chi connectivity index (χ2v) is 20.3. The number of nitrogens with zero attached hydrogens (tertiary/aromatic N) is 2. The van der Waals surface area contributed by atoms with Crippen LogP contribution in [0.5, 0.6) is 0 Å². The van der Waals surface area contributed by atoms with E-state index in [1.165, 1.54) is 11.1 Å². The number of fused-ring (bicyclic) bond motifs is 3. The van der Waals surface area contributed by atoms with Crippen molar-refractivity contribution in [1.29, 1.82) is 0 Å². The number of anilines is 6. The van der Waals surface area contributed by atoms with Gasteiger partial charge in [0.1, 0.15) is 11.2 Å². The molecule has 0 unspecified atom stereocenters. The zero-order chi connectivity index (χ0) is 47.7. The molecule has 3 heterocycles. The Bertz CT molecular complexity index is 3030. The predicted molar refractivity (Wildman–Crippen MR) is 285 cm³/mol. The summed E-state index contributed by atoms with van der Waals surface area (Å²) in [4.78, 5) is 4.60. The summed E-state index contributed by atoms with van der Waals surface area (Å²) in [6.07, 6.45) is 0. The first-order valence-electron chi connectivity index (χ1n) is 23.9. The van der Waals surface area contributed by atoms with Gasteiger partial charge in [-0.15, -0.1) is 0 Å². The average molecular weight is 907 g/mol. The highest BCUT2D eigenvalue weighted by atomic mass is 16.7. The summed E-state index contributed by atoms with van der Waals surface area (Å²) in [5.74, 6) is 0. The molecule has 69 heavy (non-hydrogen) atoms. The normalized spacial score (nSPS) is 16.9. The van der Waals surface area contributed by atoms with Gasteiger partial charge in [-0.05, 0) is 173 Å². The minimum absolute atomic E-state index is 0.435. The maximum absolute atomic E-state index is 6.59. The summed E-state index contributed by atoms with van der Waals surface area (Å²) in [7, 11) is -0.917. The van der Waals surface area contributed by atoms with Gasteiger partial charge in [0.05, 0.1) is 22.4 Å². The molecule has 0 aliphatic carbocycles. The van der Waals surface area contributed by atoms with Crippen molar-refractivity contribution < 1.29 is 23.0 Å². The molecule has 0 amide bonds. The fourth-order valence-corrected chi connectivity index (χ4v) is 9.31. The molecular weight excluding hydrogens is 850 g/mol. The van der Waals surface area contributed by atoms with Gasteiger partial charge in [0.15, 0.2) is 0 Å². The lowest BCUT2D eigenvalue weighted by molar-refractivity contribution is 0.00578. The van der Waals surface area contributed by atoms with Gasteiger partial charge in [-0.2, -0.15) is 0 Å². The fraction of sp³-hybridized carbons (Fsp3) is 0.200. The highest BCUT2D eigenvalue weighted by Gasteiger charge is 2.52. The van der Waals surface area contributed by atoms with Crippen LogP contribution in [0.25, 0.3) is 44.2 Å². The quantitative estimate of drug-likeness (QED) is 0.127. The number of rotatable bonds is 10. The van der Waals surface area contributed by atoms with Crippen molar-refractivity contribution in [3.05, 3.63) is 194 Å². The van der Waals surface area contributed by atoms with E-state index in [1.807, 2.05) is 12.1 Å². The predicted octanol–water partition coefficient (Wildman–Crippen LogP) is 14.5. The molecule has 2 aliphatic heterocycles. The number of benzene rings is 8. The zero-order valence-electron chi connectivity index (χ0n) is 40.6. The molecule has 11 rings (SSSR count). The largest absolute Gasteiger partial charge is 0.494 e. The van der Waals surface area contributed by atoms with Crippen LogP contribution < -0.4 is 20.7 Å². The van der Waals surface area contributed by atoms with Gasteiger partial charge in [0, 0.05) is 44.9 Å². The van der Waals surface area contributed by atoms with Crippen LogP contribution in [0, 0.1) is 0 Å². The Morgan fingerprint density at radius 1 is 0.304 bits per heavy atom. The number of furan rings is 1. The minimum Gasteiger partial charge on any atom is -0.456 e. The SMILES string of the molecule is CC1(C)OB(c2ccc(N(c3ccc(-c4ccccc4)cc3)c3ccc4oc5ccc(N(c6ccc(B7OC(C)(C)C(C)(C)O7)cc6)c6ccc(-c7ccccc7)cc6)cc5c4c3)cc2)OC1(C)C. The fourth-order valence-electron chi connectivity index (χ4n) is 9.31. The molecule has 342 valence electrons. The second-order valence-electron chi connectivity index (χ2n) is 20.3. The van der Waals surface area contributed by atoms with E-state index >= 15 is 0 Å². The van der Waals surface area contributed by atoms with E-state index in [2.05, 4.69) is 247 Å². The molecule has 0 N–H and O–H groups in total. The van der Waals surface area contributed by atoms with E-state index in [9.17, 15) is 0 Å². The molecule has 0 bridgehead atoms. The molecule has 9 heteroatoms. The first kappa shape index (κ1) is 44.6. The van der Waals surface area contributed by atoms with Gasteiger partial charge in [-0.1, -0.05) is 109 Å². The Kier molecular flexibility index (Phi) is 11.0. The average Bonchev–Trinajstić information content (AvgIpc) is 3.91. The van der Waals surface area contributed by atoms with E-state index in [1.54, 1.807) is 0 Å². The molecular formula is C60H56B2N2O5. The van der Waals surface area contributed by atoms with E-state index in [0.29, 0.717) is 0 Å². The first-order chi connectivity index (χ1) is 33.1. The van der Waals surface area contributed by atoms with Crippen LogP contribution in [0.1, 0.15) is 55.4 Å². The summed E-state index contributed by atoms with van der Waals surface area (Å²) in [6.45, 7) is 16.7. The van der Waals surface area contributed by atoms with E-state index in [0.717, 1.165) is 78.1 Å². The van der Waals surface area contributed by atoms with E-state index in [-0.39, 0.29) is 0 Å².